The highest BCUT2D eigenvalue weighted by Crippen LogP contribution is 2.30. The van der Waals surface area contributed by atoms with E-state index in [1.807, 2.05) is 4.90 Å². The summed E-state index contributed by atoms with van der Waals surface area (Å²) in [4.78, 5) is 24.3. The Kier molecular flexibility index (Phi) is 7.04. The van der Waals surface area contributed by atoms with Crippen molar-refractivity contribution in [1.29, 1.82) is 0 Å². The van der Waals surface area contributed by atoms with Crippen LogP contribution in [0.15, 0.2) is 23.1 Å². The van der Waals surface area contributed by atoms with Crippen molar-refractivity contribution >= 4 is 27.3 Å². The summed E-state index contributed by atoms with van der Waals surface area (Å²) in [5.74, 6) is 0.00495. The van der Waals surface area contributed by atoms with E-state index in [-0.39, 0.29) is 16.5 Å². The molecule has 2 aliphatic rings. The molecule has 2 fully saturated rings. The monoisotopic (exact) mass is 425 g/mol. The van der Waals surface area contributed by atoms with E-state index in [0.29, 0.717) is 51.4 Å². The zero-order chi connectivity index (χ0) is 20.9. The number of piperidine rings is 1. The summed E-state index contributed by atoms with van der Waals surface area (Å²) < 4.78 is 27.0. The number of benzene rings is 1. The van der Waals surface area contributed by atoms with E-state index >= 15 is 0 Å². The van der Waals surface area contributed by atoms with Crippen LogP contribution in [0.4, 0.5) is 11.4 Å². The molecule has 0 saturated carbocycles. The number of anilines is 1. The van der Waals surface area contributed by atoms with Gasteiger partial charge in [0.05, 0.1) is 16.4 Å². The standard InChI is InChI=1S/C18H27N5O5S/c24-18-14-21(12-8-20-18)9-4-7-19-16-6-5-15(13-17(16)23(25)26)29(27,28)22-10-2-1-3-11-22/h5-6,13,19H,1-4,7-12,14H2,(H,20,24). The van der Waals surface area contributed by atoms with E-state index in [0.717, 1.165) is 31.9 Å². The van der Waals surface area contributed by atoms with Crippen molar-refractivity contribution in [3.05, 3.63) is 28.3 Å². The van der Waals surface area contributed by atoms with E-state index in [2.05, 4.69) is 10.6 Å². The van der Waals surface area contributed by atoms with E-state index in [9.17, 15) is 23.3 Å². The van der Waals surface area contributed by atoms with E-state index in [4.69, 9.17) is 0 Å². The number of hydrogen-bond acceptors (Lipinski definition) is 7. The summed E-state index contributed by atoms with van der Waals surface area (Å²) in [6.45, 7) is 3.87. The Balaban J connectivity index is 1.63. The first-order valence-electron chi connectivity index (χ1n) is 9.89. The van der Waals surface area contributed by atoms with Crippen molar-refractivity contribution in [2.75, 3.05) is 51.1 Å². The predicted octanol–water partition coefficient (Wildman–Crippen LogP) is 1.00. The summed E-state index contributed by atoms with van der Waals surface area (Å²) in [6.07, 6.45) is 3.31. The summed E-state index contributed by atoms with van der Waals surface area (Å²) in [5, 5.41) is 17.3. The molecule has 0 spiro atoms. The van der Waals surface area contributed by atoms with Gasteiger partial charge in [-0.05, 0) is 31.4 Å². The Hall–Kier alpha value is -2.24. The fourth-order valence-corrected chi connectivity index (χ4v) is 5.17. The highest BCUT2D eigenvalue weighted by Gasteiger charge is 2.28. The van der Waals surface area contributed by atoms with Crippen molar-refractivity contribution in [3.8, 4) is 0 Å². The average molecular weight is 426 g/mol. The molecule has 0 bridgehead atoms. The van der Waals surface area contributed by atoms with Crippen molar-refractivity contribution in [1.82, 2.24) is 14.5 Å². The number of nitrogens with zero attached hydrogens (tertiary/aromatic N) is 3. The SMILES string of the molecule is O=C1CN(CCCNc2ccc(S(=O)(=O)N3CCCCC3)cc2[N+](=O)[O-])CCN1. The van der Waals surface area contributed by atoms with Gasteiger partial charge in [-0.1, -0.05) is 6.42 Å². The molecule has 1 aromatic carbocycles. The molecule has 1 amide bonds. The predicted molar refractivity (Wildman–Crippen MR) is 108 cm³/mol. The molecule has 2 N–H and O–H groups in total. The van der Waals surface area contributed by atoms with Crippen LogP contribution >= 0.6 is 0 Å². The van der Waals surface area contributed by atoms with Gasteiger partial charge in [0, 0.05) is 45.3 Å². The van der Waals surface area contributed by atoms with Crippen LogP contribution in [-0.2, 0) is 14.8 Å². The van der Waals surface area contributed by atoms with Crippen LogP contribution in [0.5, 0.6) is 0 Å². The smallest absolute Gasteiger partial charge is 0.293 e. The normalized spacial score (nSPS) is 19.0. The van der Waals surface area contributed by atoms with Crippen LogP contribution in [0.1, 0.15) is 25.7 Å². The molecular formula is C18H27N5O5S. The summed E-state index contributed by atoms with van der Waals surface area (Å²) in [5.41, 5.74) is 0.0458. The number of carbonyl (C=O) groups excluding carboxylic acids is 1. The lowest BCUT2D eigenvalue weighted by Gasteiger charge is -2.26. The maximum absolute atomic E-state index is 12.8. The molecule has 0 atom stereocenters. The maximum Gasteiger partial charge on any atom is 0.293 e. The number of nitrogens with one attached hydrogen (secondary N) is 2. The Labute approximate surface area is 170 Å². The lowest BCUT2D eigenvalue weighted by atomic mass is 10.2. The van der Waals surface area contributed by atoms with Crippen molar-refractivity contribution < 1.29 is 18.1 Å². The van der Waals surface area contributed by atoms with Crippen LogP contribution in [0.3, 0.4) is 0 Å². The van der Waals surface area contributed by atoms with E-state index in [1.54, 1.807) is 0 Å². The minimum atomic E-state index is -3.72. The third-order valence-electron chi connectivity index (χ3n) is 5.20. The first-order chi connectivity index (χ1) is 13.9. The average Bonchev–Trinajstić information content (AvgIpc) is 2.72. The second-order valence-electron chi connectivity index (χ2n) is 7.31. The van der Waals surface area contributed by atoms with E-state index < -0.39 is 14.9 Å². The maximum atomic E-state index is 12.8. The first-order valence-corrected chi connectivity index (χ1v) is 11.3. The van der Waals surface area contributed by atoms with Crippen LogP contribution in [-0.4, -0.2) is 74.3 Å². The van der Waals surface area contributed by atoms with Crippen LogP contribution < -0.4 is 10.6 Å². The fourth-order valence-electron chi connectivity index (χ4n) is 3.63. The largest absolute Gasteiger partial charge is 0.379 e. The van der Waals surface area contributed by atoms with Gasteiger partial charge in [-0.15, -0.1) is 0 Å². The van der Waals surface area contributed by atoms with E-state index in [1.165, 1.54) is 16.4 Å². The molecule has 3 rings (SSSR count). The van der Waals surface area contributed by atoms with Gasteiger partial charge >= 0.3 is 0 Å². The molecule has 29 heavy (non-hydrogen) atoms. The minimum absolute atomic E-state index is 0.00495. The summed E-state index contributed by atoms with van der Waals surface area (Å²) in [7, 11) is -3.72. The number of carbonyl (C=O) groups is 1. The number of hydrogen-bond donors (Lipinski definition) is 2. The highest BCUT2D eigenvalue weighted by atomic mass is 32.2. The molecule has 0 unspecified atom stereocenters. The Bertz CT molecular complexity index is 854. The number of nitro groups is 1. The second-order valence-corrected chi connectivity index (χ2v) is 9.25. The van der Waals surface area contributed by atoms with Gasteiger partial charge in [-0.25, -0.2) is 8.42 Å². The van der Waals surface area contributed by atoms with Gasteiger partial charge in [-0.2, -0.15) is 4.31 Å². The number of rotatable bonds is 8. The molecular weight excluding hydrogens is 398 g/mol. The second kappa shape index (κ2) is 9.51. The van der Waals surface area contributed by atoms with Gasteiger partial charge in [0.2, 0.25) is 15.9 Å². The number of nitro benzene ring substituents is 1. The molecule has 2 heterocycles. The van der Waals surface area contributed by atoms with Gasteiger partial charge in [-0.3, -0.25) is 19.8 Å². The van der Waals surface area contributed by atoms with Gasteiger partial charge in [0.15, 0.2) is 0 Å². The van der Waals surface area contributed by atoms with Crippen LogP contribution in [0.25, 0.3) is 0 Å². The zero-order valence-electron chi connectivity index (χ0n) is 16.3. The summed E-state index contributed by atoms with van der Waals surface area (Å²) in [6, 6.07) is 4.03. The molecule has 0 radical (unpaired) electrons. The third-order valence-corrected chi connectivity index (χ3v) is 7.10. The number of piperazine rings is 1. The quantitative estimate of drug-likeness (QED) is 0.362. The molecule has 160 valence electrons. The van der Waals surface area contributed by atoms with Crippen LogP contribution in [0, 0.1) is 10.1 Å². The highest BCUT2D eigenvalue weighted by molar-refractivity contribution is 7.89. The van der Waals surface area contributed by atoms with Crippen molar-refractivity contribution in [2.45, 2.75) is 30.6 Å². The molecule has 2 saturated heterocycles. The molecule has 1 aromatic rings. The van der Waals surface area contributed by atoms with Crippen molar-refractivity contribution in [3.63, 3.8) is 0 Å². The molecule has 11 heteroatoms. The number of amides is 1. The molecule has 0 aromatic heterocycles. The third kappa shape index (κ3) is 5.43. The minimum Gasteiger partial charge on any atom is -0.379 e. The zero-order valence-corrected chi connectivity index (χ0v) is 17.1. The van der Waals surface area contributed by atoms with Crippen LogP contribution in [0.2, 0.25) is 0 Å². The van der Waals surface area contributed by atoms with Gasteiger partial charge in [0.1, 0.15) is 5.69 Å². The fraction of sp³-hybridized carbons (Fsp3) is 0.611. The Morgan fingerprint density at radius 1 is 1.17 bits per heavy atom. The Morgan fingerprint density at radius 2 is 1.93 bits per heavy atom. The first kappa shape index (κ1) is 21.5. The van der Waals surface area contributed by atoms with Gasteiger partial charge in [0.25, 0.3) is 5.69 Å². The number of sulfonamides is 1. The molecule has 2 aliphatic heterocycles. The molecule has 0 aliphatic carbocycles. The lowest BCUT2D eigenvalue weighted by molar-refractivity contribution is -0.384. The summed E-state index contributed by atoms with van der Waals surface area (Å²) >= 11 is 0. The Morgan fingerprint density at radius 3 is 2.62 bits per heavy atom. The molecule has 10 nitrogen and oxygen atoms in total. The van der Waals surface area contributed by atoms with Crippen molar-refractivity contribution in [2.24, 2.45) is 0 Å². The lowest BCUT2D eigenvalue weighted by Crippen LogP contribution is -2.47. The topological polar surface area (TPSA) is 125 Å². The van der Waals surface area contributed by atoms with Gasteiger partial charge < -0.3 is 10.6 Å².